The van der Waals surface area contributed by atoms with Gasteiger partial charge in [-0.1, -0.05) is 30.3 Å². The first-order valence-electron chi connectivity index (χ1n) is 5.94. The van der Waals surface area contributed by atoms with Crippen molar-refractivity contribution in [3.8, 4) is 0 Å². The van der Waals surface area contributed by atoms with Gasteiger partial charge in [-0.3, -0.25) is 0 Å². The van der Waals surface area contributed by atoms with Gasteiger partial charge in [0.05, 0.1) is 5.41 Å². The summed E-state index contributed by atoms with van der Waals surface area (Å²) in [5, 5.41) is 0. The third-order valence-electron chi connectivity index (χ3n) is 3.50. The lowest BCUT2D eigenvalue weighted by molar-refractivity contribution is 0.0608. The number of nitrogens with zero attached hydrogens (tertiary/aromatic N) is 2. The fraction of sp³-hybridized carbons (Fsp3) is 0.385. The quantitative estimate of drug-likeness (QED) is 0.849. The summed E-state index contributed by atoms with van der Waals surface area (Å²) < 4.78 is 10.9. The van der Waals surface area contributed by atoms with Crippen LogP contribution in [0.2, 0.25) is 0 Å². The Kier molecular flexibility index (Phi) is 3.46. The van der Waals surface area contributed by atoms with Gasteiger partial charge in [-0.15, -0.1) is 0 Å². The second kappa shape index (κ2) is 5.07. The van der Waals surface area contributed by atoms with E-state index in [0.29, 0.717) is 0 Å². The molecule has 94 valence electrons. The summed E-state index contributed by atoms with van der Waals surface area (Å²) in [7, 11) is 0. The molecule has 1 aliphatic rings. The summed E-state index contributed by atoms with van der Waals surface area (Å²) in [4.78, 5) is 4.55. The van der Waals surface area contributed by atoms with E-state index in [1.807, 2.05) is 6.07 Å². The van der Waals surface area contributed by atoms with E-state index in [4.69, 9.17) is 4.74 Å². The summed E-state index contributed by atoms with van der Waals surface area (Å²) in [6.07, 6.45) is 1.89. The molecule has 1 aromatic carbocycles. The van der Waals surface area contributed by atoms with Crippen molar-refractivity contribution in [2.24, 2.45) is 0 Å². The lowest BCUT2D eigenvalue weighted by Crippen LogP contribution is -2.36. The molecule has 0 aliphatic carbocycles. The zero-order chi connectivity index (χ0) is 12.4. The van der Waals surface area contributed by atoms with Crippen molar-refractivity contribution in [1.82, 2.24) is 9.36 Å². The van der Waals surface area contributed by atoms with Crippen LogP contribution < -0.4 is 0 Å². The summed E-state index contributed by atoms with van der Waals surface area (Å²) >= 11 is 4.82. The Morgan fingerprint density at radius 3 is 2.50 bits per heavy atom. The molecule has 0 saturated carbocycles. The highest BCUT2D eigenvalue weighted by Crippen LogP contribution is 2.40. The van der Waals surface area contributed by atoms with Crippen molar-refractivity contribution in [2.75, 3.05) is 13.2 Å². The molecular weight excluding hydrogens is 312 g/mol. The molecule has 3 nitrogen and oxygen atoms in total. The van der Waals surface area contributed by atoms with E-state index in [1.54, 1.807) is 0 Å². The summed E-state index contributed by atoms with van der Waals surface area (Å²) in [6, 6.07) is 10.5. The van der Waals surface area contributed by atoms with Gasteiger partial charge in [0.2, 0.25) is 0 Å². The van der Waals surface area contributed by atoms with E-state index < -0.39 is 0 Å². The Morgan fingerprint density at radius 2 is 1.89 bits per heavy atom. The smallest absolute Gasteiger partial charge is 0.179 e. The minimum Gasteiger partial charge on any atom is -0.381 e. The molecule has 1 aromatic heterocycles. The summed E-state index contributed by atoms with van der Waals surface area (Å²) in [6.45, 7) is 1.54. The highest BCUT2D eigenvalue weighted by Gasteiger charge is 2.39. The van der Waals surface area contributed by atoms with Gasteiger partial charge in [-0.25, -0.2) is 4.98 Å². The molecule has 0 radical (unpaired) electrons. The normalized spacial score (nSPS) is 18.7. The number of aromatic nitrogens is 2. The van der Waals surface area contributed by atoms with Gasteiger partial charge in [-0.2, -0.15) is 4.37 Å². The predicted octanol–water partition coefficient (Wildman–Crippen LogP) is 3.40. The second-order valence-electron chi connectivity index (χ2n) is 4.43. The molecule has 0 N–H and O–H groups in total. The van der Waals surface area contributed by atoms with Crippen molar-refractivity contribution < 1.29 is 4.74 Å². The van der Waals surface area contributed by atoms with Crippen molar-refractivity contribution >= 4 is 27.5 Å². The molecule has 1 fully saturated rings. The van der Waals surface area contributed by atoms with Crippen molar-refractivity contribution in [3.63, 3.8) is 0 Å². The minimum atomic E-state index is -0.0813. The third-order valence-corrected chi connectivity index (χ3v) is 4.62. The lowest BCUT2D eigenvalue weighted by Gasteiger charge is -2.35. The molecule has 0 bridgehead atoms. The average molecular weight is 325 g/mol. The Hall–Kier alpha value is -0.780. The third kappa shape index (κ3) is 2.11. The topological polar surface area (TPSA) is 35.0 Å². The highest BCUT2D eigenvalue weighted by atomic mass is 79.9. The molecule has 5 heteroatoms. The molecule has 3 rings (SSSR count). The summed E-state index contributed by atoms with van der Waals surface area (Å²) in [5.74, 6) is 0.925. The average Bonchev–Trinajstić information content (AvgIpc) is 2.88. The largest absolute Gasteiger partial charge is 0.381 e. The van der Waals surface area contributed by atoms with Crippen LogP contribution in [-0.4, -0.2) is 22.6 Å². The number of halogens is 1. The fourth-order valence-corrected chi connectivity index (χ4v) is 3.41. The Bertz CT molecular complexity index is 523. The molecule has 0 atom stereocenters. The Balaban J connectivity index is 2.09. The Morgan fingerprint density at radius 1 is 1.17 bits per heavy atom. The molecule has 1 aliphatic heterocycles. The summed E-state index contributed by atoms with van der Waals surface area (Å²) in [5.41, 5.74) is 1.21. The van der Waals surface area contributed by atoms with Crippen molar-refractivity contribution in [3.05, 3.63) is 45.6 Å². The maximum atomic E-state index is 5.51. The van der Waals surface area contributed by atoms with Crippen molar-refractivity contribution in [1.29, 1.82) is 0 Å². The van der Waals surface area contributed by atoms with E-state index in [9.17, 15) is 0 Å². The van der Waals surface area contributed by atoms with Gasteiger partial charge in [0.15, 0.2) is 9.74 Å². The molecule has 0 amide bonds. The van der Waals surface area contributed by atoms with Gasteiger partial charge in [0, 0.05) is 13.2 Å². The number of hydrogen-bond donors (Lipinski definition) is 0. The van der Waals surface area contributed by atoms with E-state index in [-0.39, 0.29) is 5.41 Å². The maximum absolute atomic E-state index is 5.51. The van der Waals surface area contributed by atoms with Crippen LogP contribution in [-0.2, 0) is 10.2 Å². The number of rotatable bonds is 2. The number of hydrogen-bond acceptors (Lipinski definition) is 4. The molecule has 2 heterocycles. The molecular formula is C13H13BrN2OS. The van der Waals surface area contributed by atoms with E-state index in [2.05, 4.69) is 49.6 Å². The molecule has 1 saturated heterocycles. The Labute approximate surface area is 119 Å². The predicted molar refractivity (Wildman–Crippen MR) is 74.9 cm³/mol. The van der Waals surface area contributed by atoms with Crippen LogP contribution in [0.25, 0.3) is 0 Å². The SMILES string of the molecule is Brc1nc(C2(c3ccccc3)CCOCC2)ns1. The first-order chi connectivity index (χ1) is 8.81. The van der Waals surface area contributed by atoms with E-state index in [1.165, 1.54) is 17.1 Å². The first kappa shape index (κ1) is 12.3. The van der Waals surface area contributed by atoms with Crippen LogP contribution >= 0.6 is 27.5 Å². The van der Waals surface area contributed by atoms with Crippen LogP contribution in [0, 0.1) is 0 Å². The molecule has 0 unspecified atom stereocenters. The van der Waals surface area contributed by atoms with Crippen LogP contribution in [0.5, 0.6) is 0 Å². The fourth-order valence-electron chi connectivity index (χ4n) is 2.52. The lowest BCUT2D eigenvalue weighted by atomic mass is 9.73. The van der Waals surface area contributed by atoms with Crippen LogP contribution in [0.1, 0.15) is 24.2 Å². The zero-order valence-electron chi connectivity index (χ0n) is 9.80. The van der Waals surface area contributed by atoms with Crippen molar-refractivity contribution in [2.45, 2.75) is 18.3 Å². The number of benzene rings is 1. The van der Waals surface area contributed by atoms with Crippen LogP contribution in [0.4, 0.5) is 0 Å². The maximum Gasteiger partial charge on any atom is 0.179 e. The van der Waals surface area contributed by atoms with Gasteiger partial charge >= 0.3 is 0 Å². The number of ether oxygens (including phenoxy) is 1. The monoisotopic (exact) mass is 324 g/mol. The molecule has 18 heavy (non-hydrogen) atoms. The minimum absolute atomic E-state index is 0.0813. The van der Waals surface area contributed by atoms with Gasteiger partial charge in [-0.05, 0) is 45.9 Å². The van der Waals surface area contributed by atoms with Gasteiger partial charge in [0.1, 0.15) is 0 Å². The highest BCUT2D eigenvalue weighted by molar-refractivity contribution is 9.11. The molecule has 0 spiro atoms. The van der Waals surface area contributed by atoms with Gasteiger partial charge in [0.25, 0.3) is 0 Å². The van der Waals surface area contributed by atoms with Gasteiger partial charge < -0.3 is 4.74 Å². The van der Waals surface area contributed by atoms with Crippen LogP contribution in [0.3, 0.4) is 0 Å². The zero-order valence-corrected chi connectivity index (χ0v) is 12.2. The second-order valence-corrected chi connectivity index (χ2v) is 6.46. The van der Waals surface area contributed by atoms with E-state index in [0.717, 1.165) is 35.8 Å². The first-order valence-corrected chi connectivity index (χ1v) is 7.51. The van der Waals surface area contributed by atoms with E-state index >= 15 is 0 Å². The molecule has 2 aromatic rings. The van der Waals surface area contributed by atoms with Crippen LogP contribution in [0.15, 0.2) is 34.2 Å². The standard InChI is InChI=1S/C13H13BrN2OS/c14-12-15-11(16-18-12)13(6-8-17-9-7-13)10-4-2-1-3-5-10/h1-5H,6-9H2.